The Morgan fingerprint density at radius 2 is 1.68 bits per heavy atom. The third-order valence-corrected chi connectivity index (χ3v) is 4.27. The van der Waals surface area contributed by atoms with Crippen LogP contribution < -0.4 is 5.32 Å². The molecule has 0 aliphatic rings. The highest BCUT2D eigenvalue weighted by molar-refractivity contribution is 8.13. The topological polar surface area (TPSA) is 72.5 Å². The van der Waals surface area contributed by atoms with Crippen molar-refractivity contribution in [2.24, 2.45) is 5.41 Å². The summed E-state index contributed by atoms with van der Waals surface area (Å²) >= 11 is 0. The predicted molar refractivity (Wildman–Crippen MR) is 76.9 cm³/mol. The maximum atomic E-state index is 11.6. The molecule has 7 heteroatoms. The predicted octanol–water partition coefficient (Wildman–Crippen LogP) is 2.89. The second-order valence-corrected chi connectivity index (χ2v) is 8.52. The van der Waals surface area contributed by atoms with Crippen LogP contribution in [0.25, 0.3) is 0 Å². The van der Waals surface area contributed by atoms with Crippen molar-refractivity contribution in [3.63, 3.8) is 0 Å². The number of carbonyl (C=O) groups excluding carboxylic acids is 1. The van der Waals surface area contributed by atoms with Gasteiger partial charge < -0.3 is 10.1 Å². The lowest BCUT2D eigenvalue weighted by atomic mass is 9.84. The first-order chi connectivity index (χ1) is 8.43. The molecule has 0 saturated carbocycles. The summed E-state index contributed by atoms with van der Waals surface area (Å²) in [5, 5.41) is 2.62. The highest BCUT2D eigenvalue weighted by atomic mass is 35.7. The number of hydrogen-bond acceptors (Lipinski definition) is 4. The SMILES string of the molecule is CCC(CC)(CNC(=O)OC(C)(C)C)CS(=O)(=O)Cl. The molecule has 19 heavy (non-hydrogen) atoms. The van der Waals surface area contributed by atoms with Crippen molar-refractivity contribution in [2.75, 3.05) is 12.3 Å². The average molecular weight is 314 g/mol. The molecule has 0 aromatic heterocycles. The van der Waals surface area contributed by atoms with Crippen LogP contribution in [-0.4, -0.2) is 32.4 Å². The van der Waals surface area contributed by atoms with Gasteiger partial charge in [0.15, 0.2) is 0 Å². The zero-order chi connectivity index (χ0) is 15.3. The average Bonchev–Trinajstić information content (AvgIpc) is 2.20. The van der Waals surface area contributed by atoms with E-state index in [4.69, 9.17) is 15.4 Å². The Balaban J connectivity index is 4.65. The Hall–Kier alpha value is -0.490. The van der Waals surface area contributed by atoms with Gasteiger partial charge in [0.05, 0.1) is 5.75 Å². The van der Waals surface area contributed by atoms with Crippen molar-refractivity contribution in [3.8, 4) is 0 Å². The lowest BCUT2D eigenvalue weighted by Gasteiger charge is -2.31. The minimum absolute atomic E-state index is 0.162. The molecule has 0 heterocycles. The van der Waals surface area contributed by atoms with Gasteiger partial charge in [-0.2, -0.15) is 0 Å². The number of hydrogen-bond donors (Lipinski definition) is 1. The van der Waals surface area contributed by atoms with Gasteiger partial charge in [0.25, 0.3) is 0 Å². The number of ether oxygens (including phenoxy) is 1. The molecule has 0 fully saturated rings. The summed E-state index contributed by atoms with van der Waals surface area (Å²) in [6.45, 7) is 9.28. The van der Waals surface area contributed by atoms with Gasteiger partial charge in [-0.3, -0.25) is 0 Å². The van der Waals surface area contributed by atoms with Crippen molar-refractivity contribution in [1.29, 1.82) is 0 Å². The molecular formula is C12H24ClNO4S. The molecule has 0 rings (SSSR count). The molecule has 0 radical (unpaired) electrons. The Morgan fingerprint density at radius 3 is 2.00 bits per heavy atom. The summed E-state index contributed by atoms with van der Waals surface area (Å²) in [4.78, 5) is 11.6. The van der Waals surface area contributed by atoms with Crippen LogP contribution in [0.5, 0.6) is 0 Å². The van der Waals surface area contributed by atoms with Crippen LogP contribution in [0.1, 0.15) is 47.5 Å². The van der Waals surface area contributed by atoms with Gasteiger partial charge in [0.2, 0.25) is 9.05 Å². The van der Waals surface area contributed by atoms with Crippen molar-refractivity contribution < 1.29 is 17.9 Å². The standard InChI is InChI=1S/C12H24ClNO4S/c1-6-12(7-2,9-19(13,16)17)8-14-10(15)18-11(3,4)5/h6-9H2,1-5H3,(H,14,15). The lowest BCUT2D eigenvalue weighted by Crippen LogP contribution is -2.42. The van der Waals surface area contributed by atoms with Gasteiger partial charge >= 0.3 is 6.09 Å². The monoisotopic (exact) mass is 313 g/mol. The smallest absolute Gasteiger partial charge is 0.407 e. The van der Waals surface area contributed by atoms with E-state index in [1.54, 1.807) is 20.8 Å². The van der Waals surface area contributed by atoms with Gasteiger partial charge in [-0.1, -0.05) is 13.8 Å². The Bertz CT molecular complexity index is 396. The van der Waals surface area contributed by atoms with Crippen LogP contribution in [0.2, 0.25) is 0 Å². The molecule has 0 atom stereocenters. The van der Waals surface area contributed by atoms with Gasteiger partial charge in [0, 0.05) is 22.6 Å². The van der Waals surface area contributed by atoms with Crippen LogP contribution in [-0.2, 0) is 13.8 Å². The molecule has 1 amide bonds. The van der Waals surface area contributed by atoms with Gasteiger partial charge in [-0.25, -0.2) is 13.2 Å². The Labute approximate surface area is 120 Å². The molecule has 1 N–H and O–H groups in total. The molecular weight excluding hydrogens is 290 g/mol. The summed E-state index contributed by atoms with van der Waals surface area (Å²) in [7, 11) is 1.72. The van der Waals surface area contributed by atoms with Crippen LogP contribution in [0.15, 0.2) is 0 Å². The van der Waals surface area contributed by atoms with Crippen molar-refractivity contribution in [3.05, 3.63) is 0 Å². The van der Waals surface area contributed by atoms with Crippen LogP contribution in [0, 0.1) is 5.41 Å². The Kier molecular flexibility index (Phi) is 6.62. The van der Waals surface area contributed by atoms with Crippen LogP contribution in [0.4, 0.5) is 4.79 Å². The molecule has 0 aromatic carbocycles. The normalized spacial score (nSPS) is 13.2. The number of amides is 1. The lowest BCUT2D eigenvalue weighted by molar-refractivity contribution is 0.0501. The molecule has 0 aliphatic heterocycles. The number of halogens is 1. The third kappa shape index (κ3) is 8.31. The second-order valence-electron chi connectivity index (χ2n) is 5.75. The van der Waals surface area contributed by atoms with Crippen molar-refractivity contribution in [2.45, 2.75) is 53.1 Å². The zero-order valence-electron chi connectivity index (χ0n) is 12.2. The van der Waals surface area contributed by atoms with E-state index in [1.165, 1.54) is 0 Å². The number of carbonyl (C=O) groups is 1. The van der Waals surface area contributed by atoms with E-state index in [0.717, 1.165) is 0 Å². The van der Waals surface area contributed by atoms with E-state index in [0.29, 0.717) is 12.8 Å². The summed E-state index contributed by atoms with van der Waals surface area (Å²) in [6.07, 6.45) is 0.655. The molecule has 5 nitrogen and oxygen atoms in total. The quantitative estimate of drug-likeness (QED) is 0.765. The highest BCUT2D eigenvalue weighted by Crippen LogP contribution is 2.29. The number of alkyl carbamates (subject to hydrolysis) is 1. The van der Waals surface area contributed by atoms with Gasteiger partial charge in [-0.15, -0.1) is 0 Å². The van der Waals surface area contributed by atoms with Gasteiger partial charge in [-0.05, 0) is 33.6 Å². The molecule has 0 saturated heterocycles. The second kappa shape index (κ2) is 6.79. The summed E-state index contributed by atoms with van der Waals surface area (Å²) < 4.78 is 27.6. The zero-order valence-corrected chi connectivity index (χ0v) is 13.8. The summed E-state index contributed by atoms with van der Waals surface area (Å²) in [5.74, 6) is -0.162. The molecule has 114 valence electrons. The Morgan fingerprint density at radius 1 is 1.21 bits per heavy atom. The van der Waals surface area contributed by atoms with E-state index < -0.39 is 26.2 Å². The fourth-order valence-electron chi connectivity index (χ4n) is 1.69. The summed E-state index contributed by atoms with van der Waals surface area (Å²) in [5.41, 5.74) is -1.14. The maximum Gasteiger partial charge on any atom is 0.407 e. The van der Waals surface area contributed by atoms with E-state index >= 15 is 0 Å². The first-order valence-corrected chi connectivity index (χ1v) is 8.80. The van der Waals surface area contributed by atoms with E-state index in [2.05, 4.69) is 5.32 Å². The first-order valence-electron chi connectivity index (χ1n) is 6.32. The molecule has 0 bridgehead atoms. The number of rotatable bonds is 6. The minimum Gasteiger partial charge on any atom is -0.444 e. The van der Waals surface area contributed by atoms with Crippen molar-refractivity contribution in [1.82, 2.24) is 5.32 Å². The van der Waals surface area contributed by atoms with Crippen LogP contribution >= 0.6 is 10.7 Å². The van der Waals surface area contributed by atoms with Crippen molar-refractivity contribution >= 4 is 25.8 Å². The largest absolute Gasteiger partial charge is 0.444 e. The molecule has 0 unspecified atom stereocenters. The summed E-state index contributed by atoms with van der Waals surface area (Å²) in [6, 6.07) is 0. The maximum absolute atomic E-state index is 11.6. The highest BCUT2D eigenvalue weighted by Gasteiger charge is 2.32. The fourth-order valence-corrected chi connectivity index (χ4v) is 3.63. The van der Waals surface area contributed by atoms with E-state index in [1.807, 2.05) is 13.8 Å². The van der Waals surface area contributed by atoms with E-state index in [9.17, 15) is 13.2 Å². The van der Waals surface area contributed by atoms with E-state index in [-0.39, 0.29) is 12.3 Å². The van der Waals surface area contributed by atoms with Gasteiger partial charge in [0.1, 0.15) is 5.60 Å². The minimum atomic E-state index is -3.61. The fraction of sp³-hybridized carbons (Fsp3) is 0.917. The first kappa shape index (κ1) is 18.5. The molecule has 0 spiro atoms. The molecule has 0 aromatic rings. The number of nitrogens with one attached hydrogen (secondary N) is 1. The molecule has 0 aliphatic carbocycles. The third-order valence-electron chi connectivity index (χ3n) is 2.99. The van der Waals surface area contributed by atoms with Crippen LogP contribution in [0.3, 0.4) is 0 Å².